The lowest BCUT2D eigenvalue weighted by Gasteiger charge is -2.08. The van der Waals surface area contributed by atoms with Crippen LogP contribution < -0.4 is 10.1 Å². The highest BCUT2D eigenvalue weighted by Crippen LogP contribution is 2.19. The number of carbonyl (C=O) groups excluding carboxylic acids is 1. The Balaban J connectivity index is 1.98. The number of unbranched alkanes of at least 4 members (excludes halogenated alkanes) is 1. The minimum absolute atomic E-state index is 0.231. The van der Waals surface area contributed by atoms with E-state index in [1.54, 1.807) is 42.6 Å². The molecule has 0 fully saturated rings. The fourth-order valence-electron chi connectivity index (χ4n) is 1.71. The maximum absolute atomic E-state index is 12.1. The molecule has 0 radical (unpaired) electrons. The van der Waals surface area contributed by atoms with E-state index in [9.17, 15) is 4.79 Å². The first-order valence-corrected chi connectivity index (χ1v) is 7.23. The Morgan fingerprint density at radius 3 is 2.71 bits per heavy atom. The van der Waals surface area contributed by atoms with Gasteiger partial charge in [-0.25, -0.2) is 4.98 Å². The van der Waals surface area contributed by atoms with Crippen molar-refractivity contribution in [3.05, 3.63) is 53.3 Å². The number of pyridine rings is 1. The molecule has 0 atom stereocenters. The maximum Gasteiger partial charge on any atom is 0.255 e. The van der Waals surface area contributed by atoms with Gasteiger partial charge in [-0.3, -0.25) is 4.79 Å². The molecule has 0 saturated carbocycles. The number of rotatable bonds is 6. The van der Waals surface area contributed by atoms with Crippen LogP contribution in [0.3, 0.4) is 0 Å². The van der Waals surface area contributed by atoms with Crippen LogP contribution in [0, 0.1) is 0 Å². The van der Waals surface area contributed by atoms with Crippen LogP contribution in [0.4, 0.5) is 5.69 Å². The lowest BCUT2D eigenvalue weighted by molar-refractivity contribution is 0.102. The van der Waals surface area contributed by atoms with Crippen molar-refractivity contribution in [2.24, 2.45) is 0 Å². The predicted molar refractivity (Wildman–Crippen MR) is 84.0 cm³/mol. The third-order valence-corrected chi connectivity index (χ3v) is 3.19. The van der Waals surface area contributed by atoms with E-state index in [4.69, 9.17) is 16.3 Å². The molecule has 1 heterocycles. The van der Waals surface area contributed by atoms with E-state index in [1.807, 2.05) is 0 Å². The van der Waals surface area contributed by atoms with Gasteiger partial charge < -0.3 is 10.1 Å². The largest absolute Gasteiger partial charge is 0.494 e. The van der Waals surface area contributed by atoms with Crippen LogP contribution >= 0.6 is 11.6 Å². The van der Waals surface area contributed by atoms with Crippen molar-refractivity contribution in [3.63, 3.8) is 0 Å². The Morgan fingerprint density at radius 1 is 1.29 bits per heavy atom. The van der Waals surface area contributed by atoms with Crippen LogP contribution in [-0.2, 0) is 0 Å². The molecule has 1 N–H and O–H groups in total. The molecule has 0 aliphatic heterocycles. The van der Waals surface area contributed by atoms with Gasteiger partial charge in [0.2, 0.25) is 0 Å². The smallest absolute Gasteiger partial charge is 0.255 e. The molecule has 0 unspecified atom stereocenters. The van der Waals surface area contributed by atoms with Crippen molar-refractivity contribution in [3.8, 4) is 5.75 Å². The quantitative estimate of drug-likeness (QED) is 0.644. The standard InChI is InChI=1S/C16H17ClN2O2/c1-2-3-11-21-13-8-6-12(7-9-13)16(20)19-14-5-4-10-18-15(14)17/h4-10H,2-3,11H2,1H3,(H,19,20). The molecular formula is C16H17ClN2O2. The number of hydrogen-bond acceptors (Lipinski definition) is 3. The Labute approximate surface area is 129 Å². The lowest BCUT2D eigenvalue weighted by Crippen LogP contribution is -2.12. The molecular weight excluding hydrogens is 288 g/mol. The zero-order valence-electron chi connectivity index (χ0n) is 11.8. The zero-order chi connectivity index (χ0) is 15.1. The van der Waals surface area contributed by atoms with Crippen molar-refractivity contribution in [1.29, 1.82) is 0 Å². The van der Waals surface area contributed by atoms with Crippen LogP contribution in [0.2, 0.25) is 5.15 Å². The van der Waals surface area contributed by atoms with E-state index in [0.717, 1.165) is 18.6 Å². The number of nitrogens with one attached hydrogen (secondary N) is 1. The summed E-state index contributed by atoms with van der Waals surface area (Å²) in [5.74, 6) is 0.532. The maximum atomic E-state index is 12.1. The lowest BCUT2D eigenvalue weighted by atomic mass is 10.2. The number of aromatic nitrogens is 1. The van der Waals surface area contributed by atoms with E-state index in [0.29, 0.717) is 17.9 Å². The summed E-state index contributed by atoms with van der Waals surface area (Å²) in [6.07, 6.45) is 3.68. The van der Waals surface area contributed by atoms with E-state index < -0.39 is 0 Å². The zero-order valence-corrected chi connectivity index (χ0v) is 12.6. The second kappa shape index (κ2) is 7.64. The molecule has 2 rings (SSSR count). The van der Waals surface area contributed by atoms with Gasteiger partial charge in [0.1, 0.15) is 5.75 Å². The van der Waals surface area contributed by atoms with Crippen molar-refractivity contribution >= 4 is 23.2 Å². The Kier molecular flexibility index (Phi) is 5.58. The van der Waals surface area contributed by atoms with Gasteiger partial charge in [-0.1, -0.05) is 24.9 Å². The van der Waals surface area contributed by atoms with Crippen LogP contribution in [0.1, 0.15) is 30.1 Å². The first kappa shape index (κ1) is 15.3. The summed E-state index contributed by atoms with van der Waals surface area (Å²) in [6.45, 7) is 2.80. The molecule has 2 aromatic rings. The minimum Gasteiger partial charge on any atom is -0.494 e. The van der Waals surface area contributed by atoms with Crippen molar-refractivity contribution in [2.75, 3.05) is 11.9 Å². The predicted octanol–water partition coefficient (Wildman–Crippen LogP) is 4.17. The Bertz CT molecular complexity index is 599. The number of amides is 1. The Hall–Kier alpha value is -2.07. The second-order valence-corrected chi connectivity index (χ2v) is 4.88. The van der Waals surface area contributed by atoms with Crippen molar-refractivity contribution in [2.45, 2.75) is 19.8 Å². The number of anilines is 1. The first-order valence-electron chi connectivity index (χ1n) is 6.85. The highest BCUT2D eigenvalue weighted by atomic mass is 35.5. The first-order chi connectivity index (χ1) is 10.2. The number of carbonyl (C=O) groups is 1. The highest BCUT2D eigenvalue weighted by Gasteiger charge is 2.08. The van der Waals surface area contributed by atoms with Gasteiger partial charge in [-0.2, -0.15) is 0 Å². The summed E-state index contributed by atoms with van der Waals surface area (Å²) in [5.41, 5.74) is 1.03. The van der Waals surface area contributed by atoms with Crippen LogP contribution in [0.25, 0.3) is 0 Å². The third-order valence-electron chi connectivity index (χ3n) is 2.89. The van der Waals surface area contributed by atoms with Gasteiger partial charge in [-0.05, 0) is 42.8 Å². The summed E-state index contributed by atoms with van der Waals surface area (Å²) < 4.78 is 5.56. The summed E-state index contributed by atoms with van der Waals surface area (Å²) in [5, 5.41) is 2.99. The molecule has 21 heavy (non-hydrogen) atoms. The molecule has 4 nitrogen and oxygen atoms in total. The fourth-order valence-corrected chi connectivity index (χ4v) is 1.88. The number of nitrogens with zero attached hydrogens (tertiary/aromatic N) is 1. The summed E-state index contributed by atoms with van der Waals surface area (Å²) in [6, 6.07) is 10.4. The number of halogens is 1. The molecule has 0 bridgehead atoms. The molecule has 0 saturated heterocycles. The average molecular weight is 305 g/mol. The summed E-state index contributed by atoms with van der Waals surface area (Å²) in [4.78, 5) is 16.0. The normalized spacial score (nSPS) is 10.2. The number of ether oxygens (including phenoxy) is 1. The monoisotopic (exact) mass is 304 g/mol. The molecule has 0 aliphatic rings. The Morgan fingerprint density at radius 2 is 2.05 bits per heavy atom. The van der Waals surface area contributed by atoms with Crippen LogP contribution in [0.5, 0.6) is 5.75 Å². The van der Waals surface area contributed by atoms with Crippen molar-refractivity contribution in [1.82, 2.24) is 4.98 Å². The third kappa shape index (κ3) is 4.46. The SMILES string of the molecule is CCCCOc1ccc(C(=O)Nc2cccnc2Cl)cc1. The van der Waals surface area contributed by atoms with Gasteiger partial charge >= 0.3 is 0 Å². The van der Waals surface area contributed by atoms with Gasteiger partial charge in [0.15, 0.2) is 5.15 Å². The van der Waals surface area contributed by atoms with E-state index >= 15 is 0 Å². The van der Waals surface area contributed by atoms with E-state index in [-0.39, 0.29) is 11.1 Å². The van der Waals surface area contributed by atoms with E-state index in [1.165, 1.54) is 0 Å². The summed E-state index contributed by atoms with van der Waals surface area (Å²) >= 11 is 5.91. The van der Waals surface area contributed by atoms with Crippen LogP contribution in [0.15, 0.2) is 42.6 Å². The number of hydrogen-bond donors (Lipinski definition) is 1. The molecule has 110 valence electrons. The molecule has 5 heteroatoms. The topological polar surface area (TPSA) is 51.2 Å². The average Bonchev–Trinajstić information content (AvgIpc) is 2.50. The summed E-state index contributed by atoms with van der Waals surface area (Å²) in [7, 11) is 0. The van der Waals surface area contributed by atoms with Gasteiger partial charge in [0.05, 0.1) is 12.3 Å². The molecule has 1 aromatic heterocycles. The van der Waals surface area contributed by atoms with Gasteiger partial charge in [0, 0.05) is 11.8 Å². The second-order valence-electron chi connectivity index (χ2n) is 4.52. The molecule has 0 spiro atoms. The van der Waals surface area contributed by atoms with Gasteiger partial charge in [-0.15, -0.1) is 0 Å². The highest BCUT2D eigenvalue weighted by molar-refractivity contribution is 6.32. The molecule has 1 amide bonds. The molecule has 1 aromatic carbocycles. The van der Waals surface area contributed by atoms with E-state index in [2.05, 4.69) is 17.2 Å². The molecule has 0 aliphatic carbocycles. The van der Waals surface area contributed by atoms with Gasteiger partial charge in [0.25, 0.3) is 5.91 Å². The van der Waals surface area contributed by atoms with Crippen molar-refractivity contribution < 1.29 is 9.53 Å². The van der Waals surface area contributed by atoms with Crippen LogP contribution in [-0.4, -0.2) is 17.5 Å². The minimum atomic E-state index is -0.231. The number of benzene rings is 1. The fraction of sp³-hybridized carbons (Fsp3) is 0.250.